The summed E-state index contributed by atoms with van der Waals surface area (Å²) in [6.45, 7) is 5.95. The third-order valence-corrected chi connectivity index (χ3v) is 4.36. The monoisotopic (exact) mass is 392 g/mol. The van der Waals surface area contributed by atoms with Crippen LogP contribution in [0.25, 0.3) is 0 Å². The first kappa shape index (κ1) is 28.8. The van der Waals surface area contributed by atoms with Crippen molar-refractivity contribution in [3.05, 3.63) is 0 Å². The molecular formula is C20H37N2NaO4. The fraction of sp³-hybridized carbons (Fsp3) is 0.850. The fourth-order valence-corrected chi connectivity index (χ4v) is 2.79. The van der Waals surface area contributed by atoms with Crippen LogP contribution < -0.4 is 45.5 Å². The second kappa shape index (κ2) is 18.9. The molecule has 0 aromatic rings. The molecule has 1 amide bonds. The minimum absolute atomic E-state index is 0. The van der Waals surface area contributed by atoms with Gasteiger partial charge in [-0.2, -0.15) is 0 Å². The molecule has 0 aliphatic heterocycles. The molecule has 27 heavy (non-hydrogen) atoms. The number of carboxylic acids is 1. The number of hydrogen-bond acceptors (Lipinski definition) is 5. The number of hydrazine groups is 1. The zero-order chi connectivity index (χ0) is 19.8. The van der Waals surface area contributed by atoms with Crippen LogP contribution in [0.15, 0.2) is 0 Å². The molecule has 7 heteroatoms. The average Bonchev–Trinajstić information content (AvgIpc) is 2.59. The molecule has 0 rings (SSSR count). The molecule has 0 heterocycles. The van der Waals surface area contributed by atoms with E-state index in [2.05, 4.69) is 17.8 Å². The molecule has 1 atom stereocenters. The number of amides is 1. The minimum Gasteiger partial charge on any atom is -0.548 e. The maximum absolute atomic E-state index is 11.8. The van der Waals surface area contributed by atoms with E-state index in [-0.39, 0.29) is 41.9 Å². The van der Waals surface area contributed by atoms with Gasteiger partial charge in [-0.3, -0.25) is 15.0 Å². The van der Waals surface area contributed by atoms with Gasteiger partial charge in [-0.1, -0.05) is 78.6 Å². The smallest absolute Gasteiger partial charge is 0.548 e. The second-order valence-corrected chi connectivity index (χ2v) is 7.45. The third kappa shape index (κ3) is 17.4. The maximum atomic E-state index is 11.8. The van der Waals surface area contributed by atoms with E-state index in [4.69, 9.17) is 0 Å². The summed E-state index contributed by atoms with van der Waals surface area (Å²) in [5.74, 6) is -2.46. The van der Waals surface area contributed by atoms with Crippen molar-refractivity contribution in [1.29, 1.82) is 0 Å². The number of carboxylic acid groups (broad SMARTS) is 1. The summed E-state index contributed by atoms with van der Waals surface area (Å²) < 4.78 is 0. The molecule has 0 aliphatic rings. The Kier molecular flexibility index (Phi) is 20.2. The van der Waals surface area contributed by atoms with Crippen LogP contribution in [-0.2, 0) is 14.4 Å². The van der Waals surface area contributed by atoms with Crippen LogP contribution in [0.2, 0.25) is 0 Å². The van der Waals surface area contributed by atoms with E-state index in [1.54, 1.807) is 0 Å². The zero-order valence-corrected chi connectivity index (χ0v) is 19.8. The molecule has 0 aromatic carbocycles. The van der Waals surface area contributed by atoms with Gasteiger partial charge in [-0.05, 0) is 18.8 Å². The summed E-state index contributed by atoms with van der Waals surface area (Å²) in [6, 6.07) is -0.996. The Hall–Kier alpha value is -0.430. The Morgan fingerprint density at radius 3 is 1.78 bits per heavy atom. The Balaban J connectivity index is 0. The summed E-state index contributed by atoms with van der Waals surface area (Å²) >= 11 is 0. The number of unbranched alkanes of at least 4 members (excludes halogenated alkanes) is 9. The SMILES string of the molecule is CCCCCCCCCCCCC(=O)C(=O)NN[C@@H](CC(C)C)C(=O)[O-].[Na+]. The Morgan fingerprint density at radius 1 is 0.852 bits per heavy atom. The topological polar surface area (TPSA) is 98.3 Å². The number of carbonyl (C=O) groups is 3. The van der Waals surface area contributed by atoms with Crippen molar-refractivity contribution in [1.82, 2.24) is 10.9 Å². The number of rotatable bonds is 17. The van der Waals surface area contributed by atoms with Crippen molar-refractivity contribution in [2.75, 3.05) is 0 Å². The van der Waals surface area contributed by atoms with Gasteiger partial charge < -0.3 is 9.90 Å². The largest absolute Gasteiger partial charge is 1.00 e. The van der Waals surface area contributed by atoms with E-state index < -0.39 is 23.7 Å². The minimum atomic E-state index is -1.29. The van der Waals surface area contributed by atoms with Crippen LogP contribution in [0.1, 0.15) is 97.8 Å². The van der Waals surface area contributed by atoms with E-state index in [1.165, 1.54) is 44.9 Å². The van der Waals surface area contributed by atoms with Gasteiger partial charge in [-0.15, -0.1) is 0 Å². The number of Topliss-reactive ketones (excluding diaryl/α,β-unsaturated/α-hetero) is 1. The summed E-state index contributed by atoms with van der Waals surface area (Å²) in [7, 11) is 0. The van der Waals surface area contributed by atoms with Crippen molar-refractivity contribution >= 4 is 17.7 Å². The molecule has 0 fully saturated rings. The number of ketones is 1. The molecule has 0 unspecified atom stereocenters. The van der Waals surface area contributed by atoms with Gasteiger partial charge >= 0.3 is 35.5 Å². The van der Waals surface area contributed by atoms with Gasteiger partial charge in [0.1, 0.15) is 0 Å². The molecule has 0 saturated carbocycles. The van der Waals surface area contributed by atoms with E-state index >= 15 is 0 Å². The Bertz CT molecular complexity index is 417. The van der Waals surface area contributed by atoms with Crippen molar-refractivity contribution in [2.24, 2.45) is 5.92 Å². The van der Waals surface area contributed by atoms with Crippen LogP contribution in [0.3, 0.4) is 0 Å². The van der Waals surface area contributed by atoms with E-state index in [1.807, 2.05) is 13.8 Å². The van der Waals surface area contributed by atoms with Gasteiger partial charge in [0.25, 0.3) is 0 Å². The van der Waals surface area contributed by atoms with Crippen molar-refractivity contribution in [2.45, 2.75) is 104 Å². The Labute approximate surface area is 186 Å². The number of hydrogen-bond donors (Lipinski definition) is 2. The van der Waals surface area contributed by atoms with Gasteiger partial charge in [0.15, 0.2) is 0 Å². The first-order valence-electron chi connectivity index (χ1n) is 10.2. The van der Waals surface area contributed by atoms with Crippen LogP contribution in [0, 0.1) is 5.92 Å². The summed E-state index contributed by atoms with van der Waals surface area (Å²) in [4.78, 5) is 34.5. The van der Waals surface area contributed by atoms with Crippen molar-refractivity contribution < 1.29 is 49.0 Å². The number of carbonyl (C=O) groups excluding carboxylic acids is 3. The molecule has 6 nitrogen and oxygen atoms in total. The predicted octanol–water partition coefficient (Wildman–Crippen LogP) is -0.344. The second-order valence-electron chi connectivity index (χ2n) is 7.45. The van der Waals surface area contributed by atoms with Crippen LogP contribution in [0.5, 0.6) is 0 Å². The van der Waals surface area contributed by atoms with Gasteiger partial charge in [0.05, 0.1) is 12.0 Å². The molecule has 0 bridgehead atoms. The summed E-state index contributed by atoms with van der Waals surface area (Å²) in [6.07, 6.45) is 12.1. The predicted molar refractivity (Wildman–Crippen MR) is 101 cm³/mol. The fourth-order valence-electron chi connectivity index (χ4n) is 2.79. The molecule has 2 N–H and O–H groups in total. The van der Waals surface area contributed by atoms with E-state index in [9.17, 15) is 19.5 Å². The summed E-state index contributed by atoms with van der Waals surface area (Å²) in [5.41, 5.74) is 4.58. The molecule has 0 radical (unpaired) electrons. The van der Waals surface area contributed by atoms with Gasteiger partial charge in [-0.25, -0.2) is 5.43 Å². The van der Waals surface area contributed by atoms with Crippen molar-refractivity contribution in [3.63, 3.8) is 0 Å². The van der Waals surface area contributed by atoms with Crippen LogP contribution in [0.4, 0.5) is 0 Å². The molecule has 0 aliphatic carbocycles. The van der Waals surface area contributed by atoms with Crippen LogP contribution in [-0.4, -0.2) is 23.7 Å². The van der Waals surface area contributed by atoms with E-state index in [0.717, 1.165) is 12.8 Å². The molecule has 0 aromatic heterocycles. The third-order valence-electron chi connectivity index (χ3n) is 4.36. The van der Waals surface area contributed by atoms with E-state index in [0.29, 0.717) is 12.8 Å². The first-order valence-corrected chi connectivity index (χ1v) is 10.2. The standard InChI is InChI=1S/C20H38N2O4.Na/c1-4-5-6-7-8-9-10-11-12-13-14-18(23)19(24)22-21-17(20(25)26)15-16(2)3;/h16-17,21H,4-15H2,1-3H3,(H,22,24)(H,25,26);/q;+1/p-1/t17-;/m0./s1. The Morgan fingerprint density at radius 2 is 1.33 bits per heavy atom. The van der Waals surface area contributed by atoms with Crippen molar-refractivity contribution in [3.8, 4) is 0 Å². The average molecular weight is 393 g/mol. The van der Waals surface area contributed by atoms with Gasteiger partial charge in [0.2, 0.25) is 5.78 Å². The van der Waals surface area contributed by atoms with Crippen LogP contribution >= 0.6 is 0 Å². The first-order chi connectivity index (χ1) is 12.4. The number of nitrogens with one attached hydrogen (secondary N) is 2. The molecule has 0 spiro atoms. The molecule has 0 saturated heterocycles. The number of aliphatic carboxylic acids is 1. The summed E-state index contributed by atoms with van der Waals surface area (Å²) in [5, 5.41) is 11.0. The zero-order valence-electron chi connectivity index (χ0n) is 17.8. The van der Waals surface area contributed by atoms with Gasteiger partial charge in [0, 0.05) is 6.42 Å². The molecule has 152 valence electrons. The normalized spacial score (nSPS) is 11.7. The maximum Gasteiger partial charge on any atom is 1.00 e. The quantitative estimate of drug-likeness (QED) is 0.153. The molecular weight excluding hydrogens is 355 g/mol.